The molecule has 0 radical (unpaired) electrons. The Balaban J connectivity index is 2.05. The molecule has 2 N–H and O–H groups in total. The second-order valence-electron chi connectivity index (χ2n) is 3.10. The molecule has 0 unspecified atom stereocenters. The lowest BCUT2D eigenvalue weighted by molar-refractivity contribution is -0.105. The van der Waals surface area contributed by atoms with E-state index in [1.165, 1.54) is 0 Å². The number of imidazole rings is 1. The summed E-state index contributed by atoms with van der Waals surface area (Å²) < 4.78 is 0. The molecule has 0 bridgehead atoms. The smallest absolute Gasteiger partial charge is 0.211 e. The van der Waals surface area contributed by atoms with Crippen LogP contribution in [0.15, 0.2) is 41.8 Å². The van der Waals surface area contributed by atoms with Crippen molar-refractivity contribution in [3.8, 4) is 0 Å². The first-order valence-corrected chi connectivity index (χ1v) is 5.79. The van der Waals surface area contributed by atoms with Gasteiger partial charge in [-0.25, -0.2) is 4.98 Å². The van der Waals surface area contributed by atoms with Crippen LogP contribution in [0.2, 0.25) is 0 Å². The summed E-state index contributed by atoms with van der Waals surface area (Å²) in [6.07, 6.45) is 4.20. The van der Waals surface area contributed by atoms with Gasteiger partial charge in [0.25, 0.3) is 0 Å². The molecule has 0 saturated carbocycles. The van der Waals surface area contributed by atoms with E-state index in [0.717, 1.165) is 22.2 Å². The molecule has 5 heteroatoms. The Hall–Kier alpha value is -1.75. The zero-order valence-electron chi connectivity index (χ0n) is 8.51. The van der Waals surface area contributed by atoms with Gasteiger partial charge in [0.1, 0.15) is 0 Å². The van der Waals surface area contributed by atoms with Gasteiger partial charge in [0, 0.05) is 23.8 Å². The standard InChI is InChI=1S/C11H11N3OS/c15-8-14-10-4-2-1-3-9(10)7-16-11-12-5-6-13-11/h1-6,8H,7H2,(H,12,13)(H,14,15). The summed E-state index contributed by atoms with van der Waals surface area (Å²) in [6.45, 7) is 0. The number of H-pyrrole nitrogens is 1. The molecule has 0 spiro atoms. The van der Waals surface area contributed by atoms with Gasteiger partial charge in [-0.15, -0.1) is 0 Å². The van der Waals surface area contributed by atoms with Gasteiger partial charge in [-0.3, -0.25) is 4.79 Å². The van der Waals surface area contributed by atoms with Gasteiger partial charge in [0.05, 0.1) is 0 Å². The molecule has 2 rings (SSSR count). The molecular formula is C11H11N3OS. The summed E-state index contributed by atoms with van der Waals surface area (Å²) in [4.78, 5) is 17.6. The quantitative estimate of drug-likeness (QED) is 0.615. The molecule has 2 aromatic rings. The van der Waals surface area contributed by atoms with Crippen LogP contribution in [0.3, 0.4) is 0 Å². The van der Waals surface area contributed by atoms with Crippen LogP contribution in [-0.4, -0.2) is 16.4 Å². The highest BCUT2D eigenvalue weighted by atomic mass is 32.2. The first-order valence-electron chi connectivity index (χ1n) is 4.80. The second kappa shape index (κ2) is 5.37. The Morgan fingerprint density at radius 3 is 3.06 bits per heavy atom. The van der Waals surface area contributed by atoms with Crippen molar-refractivity contribution in [1.29, 1.82) is 0 Å². The van der Waals surface area contributed by atoms with Crippen LogP contribution in [-0.2, 0) is 10.5 Å². The lowest BCUT2D eigenvalue weighted by atomic mass is 10.2. The molecule has 1 amide bonds. The van der Waals surface area contributed by atoms with Crippen LogP contribution in [0.25, 0.3) is 0 Å². The molecule has 82 valence electrons. The first-order chi connectivity index (χ1) is 7.90. The summed E-state index contributed by atoms with van der Waals surface area (Å²) >= 11 is 1.60. The fourth-order valence-electron chi connectivity index (χ4n) is 1.33. The zero-order chi connectivity index (χ0) is 11.2. The van der Waals surface area contributed by atoms with Gasteiger partial charge in [-0.1, -0.05) is 30.0 Å². The van der Waals surface area contributed by atoms with Crippen LogP contribution in [0.5, 0.6) is 0 Å². The number of nitrogens with one attached hydrogen (secondary N) is 2. The van der Waals surface area contributed by atoms with Crippen molar-refractivity contribution in [2.45, 2.75) is 10.9 Å². The summed E-state index contributed by atoms with van der Waals surface area (Å²) in [5.41, 5.74) is 1.92. The third-order valence-corrected chi connectivity index (χ3v) is 3.02. The van der Waals surface area contributed by atoms with Crippen LogP contribution in [0.4, 0.5) is 5.69 Å². The molecule has 1 aromatic heterocycles. The Kier molecular flexibility index (Phi) is 3.61. The first kappa shape index (κ1) is 10.8. The Morgan fingerprint density at radius 1 is 1.44 bits per heavy atom. The number of hydrogen-bond acceptors (Lipinski definition) is 3. The van der Waals surface area contributed by atoms with Crippen LogP contribution < -0.4 is 5.32 Å². The SMILES string of the molecule is O=CNc1ccccc1CSc1ncc[nH]1. The molecular weight excluding hydrogens is 222 g/mol. The largest absolute Gasteiger partial charge is 0.340 e. The maximum Gasteiger partial charge on any atom is 0.211 e. The number of amides is 1. The maximum atomic E-state index is 10.4. The normalized spacial score (nSPS) is 10.0. The number of benzene rings is 1. The summed E-state index contributed by atoms with van der Waals surface area (Å²) in [6, 6.07) is 7.72. The molecule has 0 aliphatic heterocycles. The summed E-state index contributed by atoms with van der Waals surface area (Å²) in [7, 11) is 0. The third-order valence-electron chi connectivity index (χ3n) is 2.07. The highest BCUT2D eigenvalue weighted by Crippen LogP contribution is 2.23. The number of aromatic nitrogens is 2. The molecule has 1 aromatic carbocycles. The van der Waals surface area contributed by atoms with E-state index in [1.807, 2.05) is 24.3 Å². The van der Waals surface area contributed by atoms with Gasteiger partial charge < -0.3 is 10.3 Å². The van der Waals surface area contributed by atoms with Crippen molar-refractivity contribution in [2.24, 2.45) is 0 Å². The van der Waals surface area contributed by atoms with E-state index in [4.69, 9.17) is 0 Å². The molecule has 0 aliphatic carbocycles. The molecule has 0 saturated heterocycles. The number of hydrogen-bond donors (Lipinski definition) is 2. The lowest BCUT2D eigenvalue weighted by Crippen LogP contribution is -1.97. The van der Waals surface area contributed by atoms with E-state index in [2.05, 4.69) is 15.3 Å². The summed E-state index contributed by atoms with van der Waals surface area (Å²) in [5.74, 6) is 0.768. The fourth-order valence-corrected chi connectivity index (χ4v) is 2.16. The van der Waals surface area contributed by atoms with E-state index in [1.54, 1.807) is 24.2 Å². The van der Waals surface area contributed by atoms with Crippen molar-refractivity contribution in [2.75, 3.05) is 5.32 Å². The minimum atomic E-state index is 0.691. The van der Waals surface area contributed by atoms with E-state index in [0.29, 0.717) is 6.41 Å². The molecule has 0 aliphatic rings. The van der Waals surface area contributed by atoms with Gasteiger partial charge >= 0.3 is 0 Å². The second-order valence-corrected chi connectivity index (χ2v) is 4.07. The third kappa shape index (κ3) is 2.64. The topological polar surface area (TPSA) is 57.8 Å². The van der Waals surface area contributed by atoms with Gasteiger partial charge in [-0.2, -0.15) is 0 Å². The predicted molar refractivity (Wildman–Crippen MR) is 64.3 cm³/mol. The molecule has 0 fully saturated rings. The van der Waals surface area contributed by atoms with E-state index >= 15 is 0 Å². The highest BCUT2D eigenvalue weighted by molar-refractivity contribution is 7.98. The zero-order valence-corrected chi connectivity index (χ0v) is 9.33. The summed E-state index contributed by atoms with van der Waals surface area (Å²) in [5, 5.41) is 3.56. The number of nitrogens with zero attached hydrogens (tertiary/aromatic N) is 1. The number of anilines is 1. The maximum absolute atomic E-state index is 10.4. The van der Waals surface area contributed by atoms with Crippen molar-refractivity contribution in [3.63, 3.8) is 0 Å². The Bertz CT molecular complexity index is 456. The van der Waals surface area contributed by atoms with Crippen LogP contribution in [0.1, 0.15) is 5.56 Å². The Morgan fingerprint density at radius 2 is 2.31 bits per heavy atom. The number of rotatable bonds is 5. The average molecular weight is 233 g/mol. The van der Waals surface area contributed by atoms with Crippen LogP contribution in [0, 0.1) is 0 Å². The van der Waals surface area contributed by atoms with E-state index in [9.17, 15) is 4.79 Å². The highest BCUT2D eigenvalue weighted by Gasteiger charge is 2.02. The van der Waals surface area contributed by atoms with Crippen molar-refractivity contribution in [3.05, 3.63) is 42.2 Å². The molecule has 4 nitrogen and oxygen atoms in total. The van der Waals surface area contributed by atoms with Gasteiger partial charge in [0.15, 0.2) is 5.16 Å². The number of carbonyl (C=O) groups excluding carboxylic acids is 1. The van der Waals surface area contributed by atoms with Crippen molar-refractivity contribution >= 4 is 23.9 Å². The predicted octanol–water partition coefficient (Wildman–Crippen LogP) is 2.27. The van der Waals surface area contributed by atoms with E-state index in [-0.39, 0.29) is 0 Å². The average Bonchev–Trinajstić information content (AvgIpc) is 2.81. The Labute approximate surface area is 97.5 Å². The molecule has 16 heavy (non-hydrogen) atoms. The lowest BCUT2D eigenvalue weighted by Gasteiger charge is -2.06. The number of para-hydroxylation sites is 1. The molecule has 1 heterocycles. The van der Waals surface area contributed by atoms with Gasteiger partial charge in [0.2, 0.25) is 6.41 Å². The van der Waals surface area contributed by atoms with Crippen molar-refractivity contribution in [1.82, 2.24) is 9.97 Å². The van der Waals surface area contributed by atoms with Crippen LogP contribution >= 0.6 is 11.8 Å². The number of thioether (sulfide) groups is 1. The minimum Gasteiger partial charge on any atom is -0.340 e. The van der Waals surface area contributed by atoms with E-state index < -0.39 is 0 Å². The monoisotopic (exact) mass is 233 g/mol. The number of carbonyl (C=O) groups is 1. The van der Waals surface area contributed by atoms with Crippen molar-refractivity contribution < 1.29 is 4.79 Å². The fraction of sp³-hybridized carbons (Fsp3) is 0.0909. The van der Waals surface area contributed by atoms with Gasteiger partial charge in [-0.05, 0) is 11.6 Å². The minimum absolute atomic E-state index is 0.691. The molecule has 0 atom stereocenters. The number of aromatic amines is 1.